The molecule has 0 aromatic heterocycles. The summed E-state index contributed by atoms with van der Waals surface area (Å²) in [7, 11) is 0. The van der Waals surface area contributed by atoms with E-state index in [2.05, 4.69) is 24.5 Å². The van der Waals surface area contributed by atoms with E-state index in [1.165, 1.54) is 38.5 Å². The van der Waals surface area contributed by atoms with Gasteiger partial charge in [0.05, 0.1) is 12.1 Å². The van der Waals surface area contributed by atoms with Crippen LogP contribution in [0.3, 0.4) is 0 Å². The predicted octanol–water partition coefficient (Wildman–Crippen LogP) is 5.56. The number of rotatable bonds is 15. The second kappa shape index (κ2) is 16.9. The maximum absolute atomic E-state index is 13.1. The Morgan fingerprint density at radius 2 is 1.74 bits per heavy atom. The van der Waals surface area contributed by atoms with Gasteiger partial charge in [-0.15, -0.1) is 0 Å². The molecule has 2 fully saturated rings. The third-order valence-electron chi connectivity index (χ3n) is 8.69. The van der Waals surface area contributed by atoms with Gasteiger partial charge in [0.1, 0.15) is 0 Å². The molecule has 1 aliphatic heterocycles. The second-order valence-corrected chi connectivity index (χ2v) is 11.9. The van der Waals surface area contributed by atoms with Gasteiger partial charge in [0, 0.05) is 31.6 Å². The third kappa shape index (κ3) is 11.1. The van der Waals surface area contributed by atoms with E-state index < -0.39 is 12.1 Å². The first kappa shape index (κ1) is 30.6. The van der Waals surface area contributed by atoms with Crippen molar-refractivity contribution < 1.29 is 19.4 Å². The van der Waals surface area contributed by atoms with Crippen molar-refractivity contribution in [1.29, 1.82) is 0 Å². The van der Waals surface area contributed by atoms with Crippen molar-refractivity contribution in [2.45, 2.75) is 122 Å². The second-order valence-electron chi connectivity index (χ2n) is 11.9. The van der Waals surface area contributed by atoms with E-state index in [0.29, 0.717) is 38.4 Å². The number of amides is 2. The van der Waals surface area contributed by atoms with Crippen molar-refractivity contribution in [1.82, 2.24) is 10.6 Å². The number of carbonyl (C=O) groups excluding carboxylic acids is 2. The predicted molar refractivity (Wildman–Crippen MR) is 153 cm³/mol. The molecule has 3 N–H and O–H groups in total. The number of hydrogen-bond acceptors (Lipinski definition) is 4. The number of benzene rings is 1. The summed E-state index contributed by atoms with van der Waals surface area (Å²) in [6, 6.07) is 9.53. The minimum atomic E-state index is -0.748. The molecule has 6 heteroatoms. The molecule has 1 aromatic rings. The van der Waals surface area contributed by atoms with Crippen LogP contribution in [-0.2, 0) is 20.7 Å². The minimum Gasteiger partial charge on any atom is -0.391 e. The molecule has 2 amide bonds. The third-order valence-corrected chi connectivity index (χ3v) is 8.69. The molecule has 1 aromatic carbocycles. The van der Waals surface area contributed by atoms with E-state index in [1.54, 1.807) is 0 Å². The van der Waals surface area contributed by atoms with Gasteiger partial charge < -0.3 is 20.5 Å². The molecule has 2 aliphatic rings. The van der Waals surface area contributed by atoms with E-state index in [1.807, 2.05) is 30.3 Å². The molecule has 4 atom stereocenters. The van der Waals surface area contributed by atoms with Crippen LogP contribution < -0.4 is 10.6 Å². The summed E-state index contributed by atoms with van der Waals surface area (Å²) in [6.45, 7) is 5.43. The van der Waals surface area contributed by atoms with Gasteiger partial charge in [-0.25, -0.2) is 0 Å². The Morgan fingerprint density at radius 3 is 2.42 bits per heavy atom. The Morgan fingerprint density at radius 1 is 1.03 bits per heavy atom. The zero-order chi connectivity index (χ0) is 27.2. The number of aliphatic hydroxyl groups excluding tert-OH is 1. The van der Waals surface area contributed by atoms with Crippen molar-refractivity contribution in [3.05, 3.63) is 35.9 Å². The Bertz CT molecular complexity index is 805. The molecule has 0 spiro atoms. The number of aliphatic hydroxyl groups is 1. The Labute approximate surface area is 230 Å². The van der Waals surface area contributed by atoms with Crippen LogP contribution in [0.25, 0.3) is 0 Å². The van der Waals surface area contributed by atoms with E-state index in [9.17, 15) is 14.7 Å². The van der Waals surface area contributed by atoms with Crippen LogP contribution in [0.15, 0.2) is 30.3 Å². The van der Waals surface area contributed by atoms with Crippen LogP contribution in [-0.4, -0.2) is 48.3 Å². The van der Waals surface area contributed by atoms with Crippen LogP contribution in [0.4, 0.5) is 0 Å². The standard InChI is InChI=1S/C32H52N2O4/c1-3-24(2)21-31(36)33-28(16-10-15-25-11-6-4-7-12-25)23-30(35)29(22-26-13-8-5-9-14-26)34-32(37)27-17-19-38-20-18-27/h5,8-9,13-14,24-25,27-30,35H,3-4,6-7,10-12,15-23H2,1-2H3,(H,33,36)(H,34,37)/t24?,28?,29?,30-/m0/s1. The lowest BCUT2D eigenvalue weighted by Crippen LogP contribution is -2.50. The summed E-state index contributed by atoms with van der Waals surface area (Å²) in [5, 5.41) is 17.9. The normalized spacial score (nSPS) is 20.3. The highest BCUT2D eigenvalue weighted by Gasteiger charge is 2.29. The molecule has 1 aliphatic carbocycles. The first-order valence-corrected chi connectivity index (χ1v) is 15.3. The lowest BCUT2D eigenvalue weighted by atomic mass is 9.85. The summed E-state index contributed by atoms with van der Waals surface area (Å²) >= 11 is 0. The highest BCUT2D eigenvalue weighted by atomic mass is 16.5. The van der Waals surface area contributed by atoms with Gasteiger partial charge in [-0.1, -0.05) is 95.5 Å². The molecule has 3 unspecified atom stereocenters. The molecule has 214 valence electrons. The molecule has 38 heavy (non-hydrogen) atoms. The smallest absolute Gasteiger partial charge is 0.223 e. The number of ether oxygens (including phenoxy) is 1. The highest BCUT2D eigenvalue weighted by molar-refractivity contribution is 5.79. The monoisotopic (exact) mass is 528 g/mol. The van der Waals surface area contributed by atoms with Gasteiger partial charge in [0.15, 0.2) is 0 Å². The molecule has 1 heterocycles. The maximum atomic E-state index is 13.1. The van der Waals surface area contributed by atoms with Crippen LogP contribution in [0.2, 0.25) is 0 Å². The van der Waals surface area contributed by atoms with Crippen LogP contribution in [0.5, 0.6) is 0 Å². The molecular formula is C32H52N2O4. The fraction of sp³-hybridized carbons (Fsp3) is 0.750. The molecular weight excluding hydrogens is 476 g/mol. The van der Waals surface area contributed by atoms with Gasteiger partial charge in [-0.3, -0.25) is 9.59 Å². The van der Waals surface area contributed by atoms with Gasteiger partial charge in [0.25, 0.3) is 0 Å². The summed E-state index contributed by atoms with van der Waals surface area (Å²) in [6.07, 6.45) is 13.0. The minimum absolute atomic E-state index is 0.00272. The van der Waals surface area contributed by atoms with Crippen molar-refractivity contribution >= 4 is 11.8 Å². The van der Waals surface area contributed by atoms with Gasteiger partial charge in [0.2, 0.25) is 11.8 Å². The Hall–Kier alpha value is -1.92. The summed E-state index contributed by atoms with van der Waals surface area (Å²) in [4.78, 5) is 26.0. The number of carbonyl (C=O) groups is 2. The average molecular weight is 529 g/mol. The van der Waals surface area contributed by atoms with E-state index in [4.69, 9.17) is 4.74 Å². The lowest BCUT2D eigenvalue weighted by Gasteiger charge is -2.31. The first-order chi connectivity index (χ1) is 18.4. The largest absolute Gasteiger partial charge is 0.391 e. The van der Waals surface area contributed by atoms with Gasteiger partial charge in [-0.05, 0) is 49.5 Å². The topological polar surface area (TPSA) is 87.7 Å². The lowest BCUT2D eigenvalue weighted by molar-refractivity contribution is -0.129. The van der Waals surface area contributed by atoms with Crippen LogP contribution in [0, 0.1) is 17.8 Å². The summed E-state index contributed by atoms with van der Waals surface area (Å²) in [5.41, 5.74) is 1.08. The highest BCUT2D eigenvalue weighted by Crippen LogP contribution is 2.28. The van der Waals surface area contributed by atoms with E-state index in [-0.39, 0.29) is 23.8 Å². The van der Waals surface area contributed by atoms with Crippen molar-refractivity contribution in [2.75, 3.05) is 13.2 Å². The molecule has 0 radical (unpaired) electrons. The molecule has 3 rings (SSSR count). The van der Waals surface area contributed by atoms with E-state index in [0.717, 1.165) is 43.6 Å². The fourth-order valence-electron chi connectivity index (χ4n) is 5.99. The zero-order valence-corrected chi connectivity index (χ0v) is 23.8. The molecule has 1 saturated carbocycles. The molecule has 6 nitrogen and oxygen atoms in total. The van der Waals surface area contributed by atoms with Crippen molar-refractivity contribution in [3.8, 4) is 0 Å². The van der Waals surface area contributed by atoms with Crippen molar-refractivity contribution in [2.24, 2.45) is 17.8 Å². The summed E-state index contributed by atoms with van der Waals surface area (Å²) < 4.78 is 5.43. The SMILES string of the molecule is CCC(C)CC(=O)NC(CCCC1CCCCC1)C[C@H](O)C(Cc1ccccc1)NC(=O)C1CCOCC1. The zero-order valence-electron chi connectivity index (χ0n) is 23.8. The Balaban J connectivity index is 1.65. The van der Waals surface area contributed by atoms with Gasteiger partial charge >= 0.3 is 0 Å². The number of nitrogens with one attached hydrogen (secondary N) is 2. The van der Waals surface area contributed by atoms with Crippen molar-refractivity contribution in [3.63, 3.8) is 0 Å². The Kier molecular flexibility index (Phi) is 13.6. The van der Waals surface area contributed by atoms with Gasteiger partial charge in [-0.2, -0.15) is 0 Å². The summed E-state index contributed by atoms with van der Waals surface area (Å²) in [5.74, 6) is 1.14. The fourth-order valence-corrected chi connectivity index (χ4v) is 5.99. The maximum Gasteiger partial charge on any atom is 0.223 e. The molecule has 1 saturated heterocycles. The molecule has 0 bridgehead atoms. The average Bonchev–Trinajstić information content (AvgIpc) is 2.94. The quantitative estimate of drug-likeness (QED) is 0.278. The van der Waals surface area contributed by atoms with Crippen LogP contribution in [0.1, 0.15) is 103 Å². The number of hydrogen-bond donors (Lipinski definition) is 3. The van der Waals surface area contributed by atoms with Crippen LogP contribution >= 0.6 is 0 Å². The first-order valence-electron chi connectivity index (χ1n) is 15.3. The van der Waals surface area contributed by atoms with E-state index >= 15 is 0 Å².